The highest BCUT2D eigenvalue weighted by atomic mass is 16.4. The number of rotatable bonds is 4. The zero-order chi connectivity index (χ0) is 14.1. The van der Waals surface area contributed by atoms with Crippen LogP contribution < -0.4 is 10.2 Å². The van der Waals surface area contributed by atoms with Crippen LogP contribution in [0.25, 0.3) is 0 Å². The van der Waals surface area contributed by atoms with Crippen LogP contribution in [0.1, 0.15) is 36.0 Å². The molecule has 2 N–H and O–H groups in total. The van der Waals surface area contributed by atoms with Crippen molar-refractivity contribution >= 4 is 23.3 Å². The lowest BCUT2D eigenvalue weighted by molar-refractivity contribution is -0.117. The highest BCUT2D eigenvalue weighted by Gasteiger charge is 2.30. The summed E-state index contributed by atoms with van der Waals surface area (Å²) in [5, 5.41) is 12.2. The van der Waals surface area contributed by atoms with Crippen molar-refractivity contribution in [1.82, 2.24) is 0 Å². The van der Waals surface area contributed by atoms with Crippen LogP contribution in [0.15, 0.2) is 18.2 Å². The Morgan fingerprint density at radius 2 is 1.90 bits per heavy atom. The molecule has 1 aliphatic carbocycles. The van der Waals surface area contributed by atoms with E-state index >= 15 is 0 Å². The molecule has 1 aromatic rings. The van der Waals surface area contributed by atoms with Gasteiger partial charge in [-0.25, -0.2) is 4.79 Å². The molecule has 1 aliphatic heterocycles. The highest BCUT2D eigenvalue weighted by Crippen LogP contribution is 2.32. The van der Waals surface area contributed by atoms with Gasteiger partial charge in [-0.2, -0.15) is 0 Å². The maximum Gasteiger partial charge on any atom is 0.337 e. The molecule has 1 amide bonds. The Hall–Kier alpha value is -2.04. The summed E-state index contributed by atoms with van der Waals surface area (Å²) in [7, 11) is 0. The number of hydrogen-bond donors (Lipinski definition) is 2. The molecule has 106 valence electrons. The zero-order valence-electron chi connectivity index (χ0n) is 11.3. The summed E-state index contributed by atoms with van der Waals surface area (Å²) in [6.45, 7) is 1.75. The molecular formula is C15H18N2O3. The van der Waals surface area contributed by atoms with Crippen molar-refractivity contribution in [1.29, 1.82) is 0 Å². The third kappa shape index (κ3) is 2.61. The first-order valence-corrected chi connectivity index (χ1v) is 7.08. The zero-order valence-corrected chi connectivity index (χ0v) is 11.3. The first-order chi connectivity index (χ1) is 9.65. The Morgan fingerprint density at radius 1 is 1.20 bits per heavy atom. The highest BCUT2D eigenvalue weighted by molar-refractivity contribution is 5.98. The summed E-state index contributed by atoms with van der Waals surface area (Å²) in [5.41, 5.74) is 1.70. The van der Waals surface area contributed by atoms with Gasteiger partial charge in [0.15, 0.2) is 0 Å². The van der Waals surface area contributed by atoms with Gasteiger partial charge in [-0.15, -0.1) is 0 Å². The fraction of sp³-hybridized carbons (Fsp3) is 0.467. The summed E-state index contributed by atoms with van der Waals surface area (Å²) >= 11 is 0. The molecule has 1 heterocycles. The molecule has 0 bridgehead atoms. The number of carbonyl (C=O) groups excluding carboxylic acids is 1. The quantitative estimate of drug-likeness (QED) is 0.884. The summed E-state index contributed by atoms with van der Waals surface area (Å²) < 4.78 is 0. The molecule has 0 spiro atoms. The van der Waals surface area contributed by atoms with Crippen molar-refractivity contribution in [3.05, 3.63) is 23.8 Å². The van der Waals surface area contributed by atoms with Gasteiger partial charge in [-0.3, -0.25) is 4.79 Å². The van der Waals surface area contributed by atoms with Crippen LogP contribution in [0.5, 0.6) is 0 Å². The molecule has 2 aliphatic rings. The Morgan fingerprint density at radius 3 is 2.50 bits per heavy atom. The summed E-state index contributed by atoms with van der Waals surface area (Å²) in [5.74, 6) is -0.739. The van der Waals surface area contributed by atoms with Crippen molar-refractivity contribution < 1.29 is 14.7 Å². The van der Waals surface area contributed by atoms with E-state index in [4.69, 9.17) is 0 Å². The van der Waals surface area contributed by atoms with E-state index in [-0.39, 0.29) is 11.8 Å². The second-order valence-electron chi connectivity index (χ2n) is 5.49. The number of hydrogen-bond acceptors (Lipinski definition) is 3. The van der Waals surface area contributed by atoms with Crippen molar-refractivity contribution in [3.63, 3.8) is 0 Å². The second kappa shape index (κ2) is 5.15. The lowest BCUT2D eigenvalue weighted by Crippen LogP contribution is -2.21. The molecule has 5 nitrogen and oxygen atoms in total. The van der Waals surface area contributed by atoms with E-state index in [9.17, 15) is 14.7 Å². The van der Waals surface area contributed by atoms with Gasteiger partial charge in [0.25, 0.3) is 0 Å². The van der Waals surface area contributed by atoms with Crippen molar-refractivity contribution in [2.24, 2.45) is 5.92 Å². The average Bonchev–Trinajstić information content (AvgIpc) is 3.14. The molecule has 1 saturated carbocycles. The third-order valence-electron chi connectivity index (χ3n) is 3.89. The predicted molar refractivity (Wildman–Crippen MR) is 76.2 cm³/mol. The molecule has 0 unspecified atom stereocenters. The largest absolute Gasteiger partial charge is 0.478 e. The van der Waals surface area contributed by atoms with Crippen LogP contribution in [0.3, 0.4) is 0 Å². The van der Waals surface area contributed by atoms with Crippen LogP contribution in [-0.2, 0) is 4.79 Å². The number of amides is 1. The summed E-state index contributed by atoms with van der Waals surface area (Å²) in [6.07, 6.45) is 4.07. The Labute approximate surface area is 117 Å². The minimum absolute atomic E-state index is 0.0421. The monoisotopic (exact) mass is 274 g/mol. The Balaban J connectivity index is 1.86. The van der Waals surface area contributed by atoms with Crippen molar-refractivity contribution in [2.75, 3.05) is 23.3 Å². The molecule has 0 aromatic heterocycles. The van der Waals surface area contributed by atoms with Gasteiger partial charge < -0.3 is 15.3 Å². The van der Waals surface area contributed by atoms with E-state index in [0.29, 0.717) is 16.9 Å². The molecule has 3 rings (SSSR count). The second-order valence-corrected chi connectivity index (χ2v) is 5.49. The van der Waals surface area contributed by atoms with Crippen LogP contribution in [-0.4, -0.2) is 30.1 Å². The third-order valence-corrected chi connectivity index (χ3v) is 3.89. The smallest absolute Gasteiger partial charge is 0.337 e. The molecule has 20 heavy (non-hydrogen) atoms. The van der Waals surface area contributed by atoms with Crippen LogP contribution >= 0.6 is 0 Å². The standard InChI is InChI=1S/C15H18N2O3/c18-14(10-3-4-10)16-11-5-6-12(15(19)20)13(9-11)17-7-1-2-8-17/h5-6,9-10H,1-4,7-8H2,(H,16,18)(H,19,20). The van der Waals surface area contributed by atoms with E-state index in [1.807, 2.05) is 0 Å². The van der Waals surface area contributed by atoms with E-state index < -0.39 is 5.97 Å². The maximum absolute atomic E-state index is 11.8. The molecule has 0 atom stereocenters. The van der Waals surface area contributed by atoms with Crippen molar-refractivity contribution in [2.45, 2.75) is 25.7 Å². The van der Waals surface area contributed by atoms with Gasteiger partial charge in [-0.05, 0) is 43.9 Å². The topological polar surface area (TPSA) is 69.6 Å². The van der Waals surface area contributed by atoms with E-state index in [1.54, 1.807) is 18.2 Å². The van der Waals surface area contributed by atoms with Gasteiger partial charge in [0.1, 0.15) is 0 Å². The number of carboxylic acid groups (broad SMARTS) is 1. The fourth-order valence-electron chi connectivity index (χ4n) is 2.60. The van der Waals surface area contributed by atoms with Gasteiger partial charge in [0, 0.05) is 24.7 Å². The number of aromatic carboxylic acids is 1. The van der Waals surface area contributed by atoms with Gasteiger partial charge in [0.05, 0.1) is 11.3 Å². The Bertz CT molecular complexity index is 546. The Kier molecular flexibility index (Phi) is 3.34. The van der Waals surface area contributed by atoms with Crippen LogP contribution in [0.2, 0.25) is 0 Å². The molecule has 2 fully saturated rings. The first-order valence-electron chi connectivity index (χ1n) is 7.08. The number of carbonyl (C=O) groups is 2. The summed E-state index contributed by atoms with van der Waals surface area (Å²) in [4.78, 5) is 25.2. The summed E-state index contributed by atoms with van der Waals surface area (Å²) in [6, 6.07) is 5.04. The lowest BCUT2D eigenvalue weighted by atomic mass is 10.1. The number of carboxylic acids is 1. The first kappa shape index (κ1) is 13.0. The van der Waals surface area contributed by atoms with Gasteiger partial charge in [0.2, 0.25) is 5.91 Å². The fourth-order valence-corrected chi connectivity index (χ4v) is 2.60. The van der Waals surface area contributed by atoms with E-state index in [0.717, 1.165) is 38.8 Å². The number of nitrogens with zero attached hydrogens (tertiary/aromatic N) is 1. The minimum Gasteiger partial charge on any atom is -0.478 e. The number of anilines is 2. The van der Waals surface area contributed by atoms with Crippen LogP contribution in [0.4, 0.5) is 11.4 Å². The minimum atomic E-state index is -0.924. The molecule has 1 saturated heterocycles. The molecule has 1 aromatic carbocycles. The number of nitrogens with one attached hydrogen (secondary N) is 1. The predicted octanol–water partition coefficient (Wildman–Crippen LogP) is 2.33. The van der Waals surface area contributed by atoms with E-state index in [1.165, 1.54) is 0 Å². The molecule has 0 radical (unpaired) electrons. The maximum atomic E-state index is 11.8. The van der Waals surface area contributed by atoms with E-state index in [2.05, 4.69) is 10.2 Å². The average molecular weight is 274 g/mol. The normalized spacial score (nSPS) is 18.1. The van der Waals surface area contributed by atoms with Gasteiger partial charge in [-0.1, -0.05) is 0 Å². The van der Waals surface area contributed by atoms with Crippen LogP contribution in [0, 0.1) is 5.92 Å². The van der Waals surface area contributed by atoms with Gasteiger partial charge >= 0.3 is 5.97 Å². The number of benzene rings is 1. The lowest BCUT2D eigenvalue weighted by Gasteiger charge is -2.21. The molecule has 5 heteroatoms. The van der Waals surface area contributed by atoms with Crippen molar-refractivity contribution in [3.8, 4) is 0 Å². The molecular weight excluding hydrogens is 256 g/mol. The SMILES string of the molecule is O=C(O)c1ccc(NC(=O)C2CC2)cc1N1CCCC1.